The maximum atomic E-state index is 8.48. The van der Waals surface area contributed by atoms with Crippen molar-refractivity contribution in [2.24, 2.45) is 0 Å². The second kappa shape index (κ2) is 8.83. The van der Waals surface area contributed by atoms with Gasteiger partial charge in [0.05, 0.1) is 35.1 Å². The summed E-state index contributed by atoms with van der Waals surface area (Å²) in [4.78, 5) is 19.9. The van der Waals surface area contributed by atoms with Gasteiger partial charge in [-0.1, -0.05) is 6.07 Å². The fourth-order valence-corrected chi connectivity index (χ4v) is 3.44. The zero-order chi connectivity index (χ0) is 21.8. The van der Waals surface area contributed by atoms with Crippen LogP contribution in [0.15, 0.2) is 72.9 Å². The molecule has 4 aromatic heterocycles. The third-order valence-corrected chi connectivity index (χ3v) is 4.93. The van der Waals surface area contributed by atoms with Gasteiger partial charge in [-0.15, -0.1) is 0 Å². The van der Waals surface area contributed by atoms with Crippen molar-refractivity contribution in [1.82, 2.24) is 24.9 Å². The van der Waals surface area contributed by atoms with Gasteiger partial charge in [0, 0.05) is 28.3 Å². The molecule has 6 heterocycles. The SMILES string of the molecule is C1=Cc2cc3ccc(cc4ccc(cc5nc(cc1n2)C=C5)[nH]4)[nH]3.OCc1ccccn1. The molecular formula is C26H21N5O. The molecule has 0 atom stereocenters. The predicted molar refractivity (Wildman–Crippen MR) is 129 cm³/mol. The summed E-state index contributed by atoms with van der Waals surface area (Å²) in [6.45, 7) is 0.0286. The van der Waals surface area contributed by atoms with Gasteiger partial charge in [0.2, 0.25) is 0 Å². The lowest BCUT2D eigenvalue weighted by atomic mass is 10.3. The summed E-state index contributed by atoms with van der Waals surface area (Å²) in [6, 6.07) is 21.8. The van der Waals surface area contributed by atoms with Crippen molar-refractivity contribution >= 4 is 46.4 Å². The van der Waals surface area contributed by atoms with E-state index in [1.807, 2.05) is 54.6 Å². The van der Waals surface area contributed by atoms with Gasteiger partial charge in [-0.3, -0.25) is 4.98 Å². The zero-order valence-corrected chi connectivity index (χ0v) is 17.2. The monoisotopic (exact) mass is 419 g/mol. The van der Waals surface area contributed by atoms with Crippen molar-refractivity contribution in [2.75, 3.05) is 0 Å². The van der Waals surface area contributed by atoms with Crippen molar-refractivity contribution in [3.8, 4) is 0 Å². The Balaban J connectivity index is 0.000000230. The lowest BCUT2D eigenvalue weighted by Crippen LogP contribution is -1.84. The van der Waals surface area contributed by atoms with Gasteiger partial charge >= 0.3 is 0 Å². The second-order valence-corrected chi connectivity index (χ2v) is 7.38. The summed E-state index contributed by atoms with van der Waals surface area (Å²) in [5.41, 5.74) is 8.58. The van der Waals surface area contributed by atoms with Crippen LogP contribution in [0.4, 0.5) is 0 Å². The van der Waals surface area contributed by atoms with Crippen LogP contribution in [0.5, 0.6) is 0 Å². The number of rotatable bonds is 1. The number of nitrogens with zero attached hydrogens (tertiary/aromatic N) is 3. The smallest absolute Gasteiger partial charge is 0.0852 e. The van der Waals surface area contributed by atoms with Gasteiger partial charge in [0.25, 0.3) is 0 Å². The standard InChI is InChI=1S/C20H14N4.C6H7NO/c1-2-14-10-16-5-6-18(23-16)12-20-8-7-19(24-20)11-17-4-3-15(22-17)9-13(1)21-14;8-5-6-3-1-2-4-7-6/h1-12,21-22H;1-4,8H,5H2. The molecular weight excluding hydrogens is 398 g/mol. The summed E-state index contributed by atoms with van der Waals surface area (Å²) < 4.78 is 0. The van der Waals surface area contributed by atoms with Crippen LogP contribution in [0.1, 0.15) is 28.5 Å². The summed E-state index contributed by atoms with van der Waals surface area (Å²) in [6.07, 6.45) is 9.71. The van der Waals surface area contributed by atoms with Gasteiger partial charge < -0.3 is 15.1 Å². The van der Waals surface area contributed by atoms with E-state index < -0.39 is 0 Å². The van der Waals surface area contributed by atoms with E-state index in [9.17, 15) is 0 Å². The number of aromatic nitrogens is 5. The molecule has 0 saturated heterocycles. The van der Waals surface area contributed by atoms with Crippen LogP contribution in [-0.4, -0.2) is 30.0 Å². The number of fused-ring (bicyclic) bond motifs is 8. The molecule has 0 unspecified atom stereocenters. The first-order valence-corrected chi connectivity index (χ1v) is 10.3. The summed E-state index contributed by atoms with van der Waals surface area (Å²) in [5.74, 6) is 0. The van der Waals surface area contributed by atoms with E-state index in [4.69, 9.17) is 5.11 Å². The molecule has 0 aromatic carbocycles. The van der Waals surface area contributed by atoms with Crippen molar-refractivity contribution in [3.05, 3.63) is 101 Å². The fraction of sp³-hybridized carbons (Fsp3) is 0.0385. The molecule has 32 heavy (non-hydrogen) atoms. The highest BCUT2D eigenvalue weighted by molar-refractivity contribution is 5.77. The van der Waals surface area contributed by atoms with E-state index in [-0.39, 0.29) is 6.61 Å². The Morgan fingerprint density at radius 2 is 1.09 bits per heavy atom. The molecule has 6 heteroatoms. The molecule has 8 bridgehead atoms. The van der Waals surface area contributed by atoms with E-state index >= 15 is 0 Å². The van der Waals surface area contributed by atoms with Crippen LogP contribution in [-0.2, 0) is 6.61 Å². The fourth-order valence-electron chi connectivity index (χ4n) is 3.44. The largest absolute Gasteiger partial charge is 0.390 e. The molecule has 2 aliphatic rings. The average molecular weight is 419 g/mol. The molecule has 3 N–H and O–H groups in total. The van der Waals surface area contributed by atoms with E-state index in [1.165, 1.54) is 0 Å². The highest BCUT2D eigenvalue weighted by atomic mass is 16.3. The van der Waals surface area contributed by atoms with E-state index in [0.29, 0.717) is 5.69 Å². The number of hydrogen-bond acceptors (Lipinski definition) is 4. The lowest BCUT2D eigenvalue weighted by Gasteiger charge is -1.88. The normalized spacial score (nSPS) is 11.8. The minimum Gasteiger partial charge on any atom is -0.390 e. The third kappa shape index (κ3) is 4.71. The molecule has 6 nitrogen and oxygen atoms in total. The minimum atomic E-state index is 0.0286. The number of pyridine rings is 1. The zero-order valence-electron chi connectivity index (χ0n) is 17.2. The first-order valence-electron chi connectivity index (χ1n) is 10.3. The topological polar surface area (TPSA) is 90.5 Å². The number of H-pyrrole nitrogens is 2. The van der Waals surface area contributed by atoms with Gasteiger partial charge in [0.15, 0.2) is 0 Å². The summed E-state index contributed by atoms with van der Waals surface area (Å²) in [5, 5.41) is 8.48. The third-order valence-electron chi connectivity index (χ3n) is 4.93. The molecule has 6 rings (SSSR count). The summed E-state index contributed by atoms with van der Waals surface area (Å²) in [7, 11) is 0. The van der Waals surface area contributed by atoms with Gasteiger partial charge in [-0.05, 0) is 85.0 Å². The average Bonchev–Trinajstić information content (AvgIpc) is 3.61. The van der Waals surface area contributed by atoms with Crippen LogP contribution >= 0.6 is 0 Å². The van der Waals surface area contributed by atoms with Crippen molar-refractivity contribution in [3.63, 3.8) is 0 Å². The van der Waals surface area contributed by atoms with Crippen molar-refractivity contribution in [2.45, 2.75) is 6.61 Å². The number of aliphatic hydroxyl groups is 1. The van der Waals surface area contributed by atoms with Crippen LogP contribution in [0, 0.1) is 0 Å². The number of nitrogens with one attached hydrogen (secondary N) is 2. The maximum Gasteiger partial charge on any atom is 0.0852 e. The molecule has 0 aliphatic carbocycles. The van der Waals surface area contributed by atoms with E-state index in [1.54, 1.807) is 12.3 Å². The first-order chi connectivity index (χ1) is 15.7. The minimum absolute atomic E-state index is 0.0286. The highest BCUT2D eigenvalue weighted by Crippen LogP contribution is 2.17. The lowest BCUT2D eigenvalue weighted by molar-refractivity contribution is 0.277. The van der Waals surface area contributed by atoms with Crippen LogP contribution in [0.25, 0.3) is 46.4 Å². The number of hydrogen-bond donors (Lipinski definition) is 3. The Bertz CT molecular complexity index is 1370. The van der Waals surface area contributed by atoms with Gasteiger partial charge in [-0.2, -0.15) is 0 Å². The summed E-state index contributed by atoms with van der Waals surface area (Å²) >= 11 is 0. The maximum absolute atomic E-state index is 8.48. The first kappa shape index (κ1) is 19.7. The highest BCUT2D eigenvalue weighted by Gasteiger charge is 2.02. The molecule has 0 spiro atoms. The Kier molecular flexibility index (Phi) is 5.43. The Labute approximate surface area is 184 Å². The molecule has 156 valence electrons. The van der Waals surface area contributed by atoms with Gasteiger partial charge in [0.1, 0.15) is 0 Å². The number of aliphatic hydroxyl groups excluding tert-OH is 1. The van der Waals surface area contributed by atoms with Crippen molar-refractivity contribution < 1.29 is 5.11 Å². The quantitative estimate of drug-likeness (QED) is 0.340. The molecule has 0 amide bonds. The Morgan fingerprint density at radius 3 is 1.53 bits per heavy atom. The van der Waals surface area contributed by atoms with Crippen LogP contribution in [0.3, 0.4) is 0 Å². The Hall–Kier alpha value is -4.29. The van der Waals surface area contributed by atoms with E-state index in [0.717, 1.165) is 44.8 Å². The predicted octanol–water partition coefficient (Wildman–Crippen LogP) is 5.23. The van der Waals surface area contributed by atoms with Gasteiger partial charge in [-0.25, -0.2) is 9.97 Å². The van der Waals surface area contributed by atoms with Crippen LogP contribution < -0.4 is 0 Å². The van der Waals surface area contributed by atoms with Crippen molar-refractivity contribution in [1.29, 1.82) is 0 Å². The molecule has 0 saturated carbocycles. The second-order valence-electron chi connectivity index (χ2n) is 7.38. The Morgan fingerprint density at radius 1 is 0.594 bits per heavy atom. The van der Waals surface area contributed by atoms with E-state index in [2.05, 4.69) is 55.3 Å². The molecule has 0 radical (unpaired) electrons. The van der Waals surface area contributed by atoms with Crippen LogP contribution in [0.2, 0.25) is 0 Å². The molecule has 4 aromatic rings. The molecule has 2 aliphatic heterocycles. The number of aromatic amines is 2. The molecule has 0 fully saturated rings.